The van der Waals surface area contributed by atoms with Crippen molar-refractivity contribution in [3.8, 4) is 22.8 Å². The Bertz CT molecular complexity index is 1130. The van der Waals surface area contributed by atoms with E-state index in [0.717, 1.165) is 19.4 Å². The van der Waals surface area contributed by atoms with Crippen LogP contribution >= 0.6 is 0 Å². The SMILES string of the molecule is CC1CCCCN1CCNS(=O)(=O)c1ccccc1-c1nc(-c2ccc(F)cc2)no1. The van der Waals surface area contributed by atoms with Crippen LogP contribution in [0.5, 0.6) is 0 Å². The molecule has 7 nitrogen and oxygen atoms in total. The Morgan fingerprint density at radius 2 is 1.94 bits per heavy atom. The van der Waals surface area contributed by atoms with Crippen LogP contribution < -0.4 is 4.72 Å². The molecule has 164 valence electrons. The fourth-order valence-electron chi connectivity index (χ4n) is 3.82. The maximum atomic E-state index is 13.2. The van der Waals surface area contributed by atoms with Crippen molar-refractivity contribution in [2.75, 3.05) is 19.6 Å². The predicted molar refractivity (Wildman–Crippen MR) is 115 cm³/mol. The van der Waals surface area contributed by atoms with Crippen LogP contribution in [0.4, 0.5) is 4.39 Å². The summed E-state index contributed by atoms with van der Waals surface area (Å²) in [6, 6.07) is 12.7. The number of hydrogen-bond donors (Lipinski definition) is 1. The van der Waals surface area contributed by atoms with Crippen molar-refractivity contribution >= 4 is 10.0 Å². The summed E-state index contributed by atoms with van der Waals surface area (Å²) in [5.41, 5.74) is 0.896. The number of sulfonamides is 1. The molecule has 31 heavy (non-hydrogen) atoms. The van der Waals surface area contributed by atoms with E-state index in [1.165, 1.54) is 36.8 Å². The van der Waals surface area contributed by atoms with E-state index in [9.17, 15) is 12.8 Å². The summed E-state index contributed by atoms with van der Waals surface area (Å²) in [4.78, 5) is 6.71. The predicted octanol–water partition coefficient (Wildman–Crippen LogP) is 3.70. The van der Waals surface area contributed by atoms with Gasteiger partial charge in [0.05, 0.1) is 10.5 Å². The first-order chi connectivity index (χ1) is 14.9. The smallest absolute Gasteiger partial charge is 0.259 e. The van der Waals surface area contributed by atoms with E-state index in [1.54, 1.807) is 18.2 Å². The number of hydrogen-bond acceptors (Lipinski definition) is 6. The van der Waals surface area contributed by atoms with Crippen LogP contribution in [0.15, 0.2) is 57.9 Å². The van der Waals surface area contributed by atoms with Crippen molar-refractivity contribution in [1.82, 2.24) is 19.8 Å². The van der Waals surface area contributed by atoms with Gasteiger partial charge in [0.15, 0.2) is 0 Å². The fraction of sp³-hybridized carbons (Fsp3) is 0.364. The van der Waals surface area contributed by atoms with E-state index < -0.39 is 10.0 Å². The van der Waals surface area contributed by atoms with Gasteiger partial charge >= 0.3 is 0 Å². The number of benzene rings is 2. The number of piperidine rings is 1. The molecule has 1 atom stereocenters. The highest BCUT2D eigenvalue weighted by Gasteiger charge is 2.24. The Labute approximate surface area is 181 Å². The highest BCUT2D eigenvalue weighted by atomic mass is 32.2. The molecule has 4 rings (SSSR count). The minimum absolute atomic E-state index is 0.0796. The molecule has 1 aliphatic rings. The molecule has 1 unspecified atom stereocenters. The quantitative estimate of drug-likeness (QED) is 0.598. The van der Waals surface area contributed by atoms with Gasteiger partial charge in [-0.15, -0.1) is 0 Å². The molecule has 1 aliphatic heterocycles. The molecule has 0 aliphatic carbocycles. The standard InChI is InChI=1S/C22H25FN4O3S/c1-16-6-4-5-14-27(16)15-13-24-31(28,29)20-8-3-2-7-19(20)22-25-21(26-30-22)17-9-11-18(23)12-10-17/h2-3,7-12,16,24H,4-6,13-15H2,1H3. The third-order valence-corrected chi connectivity index (χ3v) is 7.09. The largest absolute Gasteiger partial charge is 0.334 e. The van der Waals surface area contributed by atoms with E-state index >= 15 is 0 Å². The summed E-state index contributed by atoms with van der Waals surface area (Å²) in [6.45, 7) is 4.16. The van der Waals surface area contributed by atoms with Crippen LogP contribution in [0.3, 0.4) is 0 Å². The average molecular weight is 445 g/mol. The number of aromatic nitrogens is 2. The molecule has 0 saturated carbocycles. The van der Waals surface area contributed by atoms with Crippen LogP contribution in [0.2, 0.25) is 0 Å². The van der Waals surface area contributed by atoms with Gasteiger partial charge in [0.1, 0.15) is 5.82 Å². The van der Waals surface area contributed by atoms with Gasteiger partial charge in [-0.2, -0.15) is 4.98 Å². The van der Waals surface area contributed by atoms with Gasteiger partial charge in [0.25, 0.3) is 5.89 Å². The zero-order valence-electron chi connectivity index (χ0n) is 17.3. The highest BCUT2D eigenvalue weighted by molar-refractivity contribution is 7.89. The van der Waals surface area contributed by atoms with E-state index in [-0.39, 0.29) is 22.4 Å². The topological polar surface area (TPSA) is 88.3 Å². The van der Waals surface area contributed by atoms with Gasteiger partial charge in [-0.05, 0) is 62.7 Å². The van der Waals surface area contributed by atoms with E-state index in [0.29, 0.717) is 30.3 Å². The van der Waals surface area contributed by atoms with Crippen molar-refractivity contribution in [2.24, 2.45) is 0 Å². The molecule has 1 aromatic heterocycles. The van der Waals surface area contributed by atoms with Gasteiger partial charge in [-0.1, -0.05) is 23.7 Å². The molecule has 0 spiro atoms. The molecule has 0 radical (unpaired) electrons. The van der Waals surface area contributed by atoms with Crippen molar-refractivity contribution < 1.29 is 17.3 Å². The second kappa shape index (κ2) is 9.25. The maximum Gasteiger partial charge on any atom is 0.259 e. The minimum atomic E-state index is -3.77. The fourth-order valence-corrected chi connectivity index (χ4v) is 5.04. The normalized spacial score (nSPS) is 17.7. The molecule has 0 amide bonds. The van der Waals surface area contributed by atoms with Gasteiger partial charge in [-0.3, -0.25) is 4.90 Å². The molecular weight excluding hydrogens is 419 g/mol. The third kappa shape index (κ3) is 5.00. The summed E-state index contributed by atoms with van der Waals surface area (Å²) < 4.78 is 47.2. The molecule has 1 N–H and O–H groups in total. The molecule has 9 heteroatoms. The van der Waals surface area contributed by atoms with E-state index in [1.807, 2.05) is 0 Å². The molecule has 3 aromatic rings. The van der Waals surface area contributed by atoms with E-state index in [4.69, 9.17) is 4.52 Å². The third-order valence-electron chi connectivity index (χ3n) is 5.57. The van der Waals surface area contributed by atoms with Crippen molar-refractivity contribution in [3.63, 3.8) is 0 Å². The van der Waals surface area contributed by atoms with Crippen LogP contribution in [0.25, 0.3) is 22.8 Å². The van der Waals surface area contributed by atoms with Crippen LogP contribution in [-0.4, -0.2) is 49.1 Å². The molecule has 0 bridgehead atoms. The molecule has 2 aromatic carbocycles. The van der Waals surface area contributed by atoms with Crippen molar-refractivity contribution in [2.45, 2.75) is 37.1 Å². The van der Waals surface area contributed by atoms with Crippen LogP contribution in [0.1, 0.15) is 26.2 Å². The van der Waals surface area contributed by atoms with E-state index in [2.05, 4.69) is 26.7 Å². The Hall–Kier alpha value is -2.62. The number of nitrogens with zero attached hydrogens (tertiary/aromatic N) is 3. The monoisotopic (exact) mass is 444 g/mol. The van der Waals surface area contributed by atoms with Gasteiger partial charge < -0.3 is 4.52 Å². The van der Waals surface area contributed by atoms with Crippen molar-refractivity contribution in [1.29, 1.82) is 0 Å². The molecule has 2 heterocycles. The second-order valence-electron chi connectivity index (χ2n) is 7.70. The number of likely N-dealkylation sites (tertiary alicyclic amines) is 1. The number of nitrogens with one attached hydrogen (secondary N) is 1. The second-order valence-corrected chi connectivity index (χ2v) is 9.44. The summed E-state index contributed by atoms with van der Waals surface area (Å²) in [6.07, 6.45) is 3.51. The van der Waals surface area contributed by atoms with Crippen LogP contribution in [-0.2, 0) is 10.0 Å². The maximum absolute atomic E-state index is 13.2. The lowest BCUT2D eigenvalue weighted by molar-refractivity contribution is 0.164. The Kier molecular flexibility index (Phi) is 6.45. The van der Waals surface area contributed by atoms with Gasteiger partial charge in [-0.25, -0.2) is 17.5 Å². The van der Waals surface area contributed by atoms with Crippen molar-refractivity contribution in [3.05, 3.63) is 54.3 Å². The summed E-state index contributed by atoms with van der Waals surface area (Å²) >= 11 is 0. The van der Waals surface area contributed by atoms with Crippen LogP contribution in [0, 0.1) is 5.82 Å². The lowest BCUT2D eigenvalue weighted by atomic mass is 10.0. The average Bonchev–Trinajstić information content (AvgIpc) is 3.26. The Morgan fingerprint density at radius 1 is 1.16 bits per heavy atom. The summed E-state index contributed by atoms with van der Waals surface area (Å²) in [5, 5.41) is 3.92. The summed E-state index contributed by atoms with van der Waals surface area (Å²) in [7, 11) is -3.77. The zero-order valence-corrected chi connectivity index (χ0v) is 18.1. The minimum Gasteiger partial charge on any atom is -0.334 e. The molecular formula is C22H25FN4O3S. The summed E-state index contributed by atoms with van der Waals surface area (Å²) in [5.74, 6) is -0.0203. The Morgan fingerprint density at radius 3 is 2.71 bits per heavy atom. The number of halogens is 1. The lowest BCUT2D eigenvalue weighted by Crippen LogP contribution is -2.42. The first-order valence-corrected chi connectivity index (χ1v) is 11.8. The lowest BCUT2D eigenvalue weighted by Gasteiger charge is -2.33. The number of rotatable bonds is 7. The molecule has 1 saturated heterocycles. The Balaban J connectivity index is 1.52. The van der Waals surface area contributed by atoms with Gasteiger partial charge in [0.2, 0.25) is 15.8 Å². The zero-order chi connectivity index (χ0) is 21.8. The first-order valence-electron chi connectivity index (χ1n) is 10.4. The first kappa shape index (κ1) is 21.6. The molecule has 1 fully saturated rings. The highest BCUT2D eigenvalue weighted by Crippen LogP contribution is 2.28. The van der Waals surface area contributed by atoms with Gasteiger partial charge in [0, 0.05) is 24.7 Å².